The van der Waals surface area contributed by atoms with Gasteiger partial charge < -0.3 is 35.9 Å². The molecule has 0 aliphatic carbocycles. The molecule has 2 heterocycles. The molecule has 0 bridgehead atoms. The predicted octanol–water partition coefficient (Wildman–Crippen LogP) is 4.93. The largest absolute Gasteiger partial charge is 0.495 e. The zero-order valence-electron chi connectivity index (χ0n) is 30.9. The molecule has 0 radical (unpaired) electrons. The zero-order valence-corrected chi connectivity index (χ0v) is 31.6. The van der Waals surface area contributed by atoms with Gasteiger partial charge in [-0.15, -0.1) is 0 Å². The third kappa shape index (κ3) is 10.6. The Labute approximate surface area is 306 Å². The van der Waals surface area contributed by atoms with E-state index >= 15 is 0 Å². The maximum atomic E-state index is 13.9. The van der Waals surface area contributed by atoms with Gasteiger partial charge in [0.05, 0.1) is 23.7 Å². The molecule has 12 heteroatoms. The van der Waals surface area contributed by atoms with Gasteiger partial charge in [-0.2, -0.15) is 0 Å². The number of hydrogen-bond acceptors (Lipinski definition) is 8. The smallest absolute Gasteiger partial charge is 0.328 e. The highest BCUT2D eigenvalue weighted by Gasteiger charge is 2.48. The van der Waals surface area contributed by atoms with Gasteiger partial charge in [0.2, 0.25) is 17.7 Å². The van der Waals surface area contributed by atoms with Crippen LogP contribution in [0.15, 0.2) is 54.6 Å². The van der Waals surface area contributed by atoms with Gasteiger partial charge in [-0.05, 0) is 67.5 Å². The van der Waals surface area contributed by atoms with Gasteiger partial charge in [0.25, 0.3) is 0 Å². The van der Waals surface area contributed by atoms with Gasteiger partial charge in [-0.1, -0.05) is 75.7 Å². The Morgan fingerprint density at radius 3 is 2.27 bits per heavy atom. The van der Waals surface area contributed by atoms with Crippen molar-refractivity contribution in [3.8, 4) is 5.75 Å². The summed E-state index contributed by atoms with van der Waals surface area (Å²) in [4.78, 5) is 54.9. The third-order valence-electron chi connectivity index (χ3n) is 9.80. The SMILES string of the molecule is COc1ccc(CC2NC(=O)/C=C\CC([C@H](C)[C@H]3O[C@@H]3c3ccc(CN)cc3)OC(=O)C(CC(C)(C)C)NC(=O)C(C)(C)C(C)NC2=O)cc1Cl. The van der Waals surface area contributed by atoms with Crippen LogP contribution in [-0.2, 0) is 41.6 Å². The Hall–Kier alpha value is -3.93. The first-order valence-corrected chi connectivity index (χ1v) is 17.9. The van der Waals surface area contributed by atoms with E-state index < -0.39 is 53.3 Å². The lowest BCUT2D eigenvalue weighted by Gasteiger charge is -2.35. The second-order valence-electron chi connectivity index (χ2n) is 15.4. The summed E-state index contributed by atoms with van der Waals surface area (Å²) in [5, 5.41) is 9.04. The molecule has 7 atom stereocenters. The van der Waals surface area contributed by atoms with Crippen molar-refractivity contribution in [1.29, 1.82) is 0 Å². The van der Waals surface area contributed by atoms with Crippen LogP contribution in [-0.4, -0.2) is 61.1 Å². The lowest BCUT2D eigenvalue weighted by atomic mass is 9.82. The van der Waals surface area contributed by atoms with E-state index in [9.17, 15) is 19.2 Å². The van der Waals surface area contributed by atoms with Gasteiger partial charge >= 0.3 is 5.97 Å². The average molecular weight is 725 g/mol. The summed E-state index contributed by atoms with van der Waals surface area (Å²) in [6, 6.07) is 10.4. The number of epoxide rings is 1. The van der Waals surface area contributed by atoms with E-state index in [0.717, 1.165) is 11.1 Å². The van der Waals surface area contributed by atoms with E-state index in [2.05, 4.69) is 16.0 Å². The van der Waals surface area contributed by atoms with Crippen molar-refractivity contribution >= 4 is 35.3 Å². The molecule has 0 saturated carbocycles. The number of hydrogen-bond donors (Lipinski definition) is 4. The van der Waals surface area contributed by atoms with Crippen LogP contribution >= 0.6 is 11.6 Å². The monoisotopic (exact) mass is 724 g/mol. The molecule has 2 aromatic rings. The Kier molecular flexibility index (Phi) is 13.0. The van der Waals surface area contributed by atoms with Crippen LogP contribution in [0.25, 0.3) is 0 Å². The Bertz CT molecular complexity index is 1600. The molecule has 4 rings (SSSR count). The van der Waals surface area contributed by atoms with E-state index in [-0.39, 0.29) is 36.4 Å². The fraction of sp³-hybridized carbons (Fsp3) is 0.538. The predicted molar refractivity (Wildman–Crippen MR) is 196 cm³/mol. The first-order valence-electron chi connectivity index (χ1n) is 17.5. The molecule has 3 amide bonds. The van der Waals surface area contributed by atoms with Gasteiger partial charge in [0.15, 0.2) is 0 Å². The normalized spacial score (nSPS) is 27.3. The molecule has 1 saturated heterocycles. The van der Waals surface area contributed by atoms with Crippen molar-refractivity contribution in [3.05, 3.63) is 76.3 Å². The fourth-order valence-corrected chi connectivity index (χ4v) is 6.38. The summed E-state index contributed by atoms with van der Waals surface area (Å²) in [5.74, 6) is -1.76. The summed E-state index contributed by atoms with van der Waals surface area (Å²) < 4.78 is 17.6. The minimum absolute atomic E-state index is 0.131. The quantitative estimate of drug-likeness (QED) is 0.220. The van der Waals surface area contributed by atoms with Crippen molar-refractivity contribution in [2.45, 2.75) is 111 Å². The van der Waals surface area contributed by atoms with E-state index in [1.807, 2.05) is 52.0 Å². The number of carbonyl (C=O) groups excluding carboxylic acids is 4. The first-order chi connectivity index (χ1) is 23.9. The summed E-state index contributed by atoms with van der Waals surface area (Å²) in [6.45, 7) is 13.4. The maximum Gasteiger partial charge on any atom is 0.328 e. The summed E-state index contributed by atoms with van der Waals surface area (Å²) >= 11 is 6.36. The van der Waals surface area contributed by atoms with Gasteiger partial charge in [-0.3, -0.25) is 14.4 Å². The molecule has 0 spiro atoms. The van der Waals surface area contributed by atoms with Crippen molar-refractivity contribution < 1.29 is 33.4 Å². The molecule has 2 aliphatic rings. The number of halogens is 1. The van der Waals surface area contributed by atoms with Crippen LogP contribution < -0.4 is 26.4 Å². The highest BCUT2D eigenvalue weighted by molar-refractivity contribution is 6.32. The minimum Gasteiger partial charge on any atom is -0.495 e. The van der Waals surface area contributed by atoms with E-state index in [0.29, 0.717) is 29.3 Å². The zero-order chi connectivity index (χ0) is 37.7. The second-order valence-corrected chi connectivity index (χ2v) is 15.8. The highest BCUT2D eigenvalue weighted by atomic mass is 35.5. The number of methoxy groups -OCH3 is 1. The Morgan fingerprint density at radius 2 is 1.67 bits per heavy atom. The number of amides is 3. The summed E-state index contributed by atoms with van der Waals surface area (Å²) in [7, 11) is 1.51. The highest BCUT2D eigenvalue weighted by Crippen LogP contribution is 2.45. The average Bonchev–Trinajstić information content (AvgIpc) is 3.87. The molecule has 2 aliphatic heterocycles. The molecule has 11 nitrogen and oxygen atoms in total. The third-order valence-corrected chi connectivity index (χ3v) is 10.1. The minimum atomic E-state index is -1.15. The molecule has 0 aromatic heterocycles. The number of cyclic esters (lactones) is 1. The van der Waals surface area contributed by atoms with Crippen LogP contribution in [0, 0.1) is 16.7 Å². The van der Waals surface area contributed by atoms with Crippen molar-refractivity contribution in [2.24, 2.45) is 22.5 Å². The summed E-state index contributed by atoms with van der Waals surface area (Å²) in [5.41, 5.74) is 6.99. The standard InChI is InChI=1S/C39H53ClN4O7/c1-22(33-34(51-33)26-15-12-24(21-41)13-16-26)30-10-9-11-32(45)43-28(19-25-14-17-31(49-8)27(40)18-25)35(46)42-23(2)39(6,7)37(48)44-29(36(47)50-30)20-38(3,4)5/h9,11-18,22-23,28-30,33-34H,10,19-21,41H2,1-8H3,(H,42,46)(H,43,45)(H,44,48)/b11-9-/t22-,23?,28?,29?,30?,33+,34+/m0/s1. The number of ether oxygens (including phenoxy) is 3. The lowest BCUT2D eigenvalue weighted by Crippen LogP contribution is -2.58. The van der Waals surface area contributed by atoms with Crippen LogP contribution in [0.5, 0.6) is 5.75 Å². The van der Waals surface area contributed by atoms with Crippen molar-refractivity contribution in [3.63, 3.8) is 0 Å². The van der Waals surface area contributed by atoms with Crippen LogP contribution in [0.3, 0.4) is 0 Å². The fourth-order valence-electron chi connectivity index (χ4n) is 6.10. The molecular weight excluding hydrogens is 672 g/mol. The Balaban J connectivity index is 1.65. The van der Waals surface area contributed by atoms with E-state index in [1.165, 1.54) is 13.2 Å². The summed E-state index contributed by atoms with van der Waals surface area (Å²) in [6.07, 6.45) is 2.52. The molecule has 51 heavy (non-hydrogen) atoms. The molecule has 4 unspecified atom stereocenters. The second kappa shape index (κ2) is 16.6. The Morgan fingerprint density at radius 1 is 1.00 bits per heavy atom. The number of rotatable bonds is 8. The number of carbonyl (C=O) groups is 4. The van der Waals surface area contributed by atoms with Crippen LogP contribution in [0.4, 0.5) is 0 Å². The number of esters is 1. The van der Waals surface area contributed by atoms with Crippen molar-refractivity contribution in [2.75, 3.05) is 7.11 Å². The topological polar surface area (TPSA) is 161 Å². The molecule has 5 N–H and O–H groups in total. The van der Waals surface area contributed by atoms with Crippen LogP contribution in [0.2, 0.25) is 5.02 Å². The number of nitrogens with one attached hydrogen (secondary N) is 3. The van der Waals surface area contributed by atoms with Gasteiger partial charge in [-0.25, -0.2) is 4.79 Å². The number of nitrogens with two attached hydrogens (primary N) is 1. The van der Waals surface area contributed by atoms with Gasteiger partial charge in [0, 0.05) is 31.3 Å². The first kappa shape index (κ1) is 39.8. The van der Waals surface area contributed by atoms with Gasteiger partial charge in [0.1, 0.15) is 30.0 Å². The van der Waals surface area contributed by atoms with Crippen molar-refractivity contribution in [1.82, 2.24) is 16.0 Å². The number of benzene rings is 2. The molecule has 1 fully saturated rings. The molecule has 2 aromatic carbocycles. The molecular formula is C39H53ClN4O7. The maximum absolute atomic E-state index is 13.9. The van der Waals surface area contributed by atoms with E-state index in [1.54, 1.807) is 45.0 Å². The van der Waals surface area contributed by atoms with E-state index in [4.69, 9.17) is 31.5 Å². The lowest BCUT2D eigenvalue weighted by molar-refractivity contribution is -0.157. The molecule has 278 valence electrons. The van der Waals surface area contributed by atoms with Crippen LogP contribution in [0.1, 0.15) is 84.1 Å².